The zero-order valence-corrected chi connectivity index (χ0v) is 13.2. The van der Waals surface area contributed by atoms with Crippen molar-refractivity contribution in [1.29, 1.82) is 0 Å². The number of hydrogen-bond acceptors (Lipinski definition) is 3. The standard InChI is InChI=1S/C20H20N2O/c1-2-3-6-15-9-11-16(12-10-15)17-13-21-20(22-14-17)18-7-4-5-8-19(18)23/h4-5,7-14,23H,2-3,6H2,1H3. The normalized spacial score (nSPS) is 10.7. The SMILES string of the molecule is CCCCc1ccc(-c2cnc(-c3ccccc3O)nc2)cc1. The molecule has 0 radical (unpaired) electrons. The molecule has 1 heterocycles. The van der Waals surface area contributed by atoms with E-state index in [1.54, 1.807) is 24.5 Å². The van der Waals surface area contributed by atoms with Crippen molar-refractivity contribution in [3.8, 4) is 28.3 Å². The van der Waals surface area contributed by atoms with E-state index in [1.165, 1.54) is 18.4 Å². The molecule has 1 N–H and O–H groups in total. The number of unbranched alkanes of at least 4 members (excludes halogenated alkanes) is 1. The molecular weight excluding hydrogens is 284 g/mol. The molecule has 0 aliphatic heterocycles. The zero-order chi connectivity index (χ0) is 16.1. The van der Waals surface area contributed by atoms with Crippen LogP contribution in [0.25, 0.3) is 22.5 Å². The molecule has 116 valence electrons. The van der Waals surface area contributed by atoms with Crippen molar-refractivity contribution in [1.82, 2.24) is 9.97 Å². The Labute approximate surface area is 136 Å². The zero-order valence-electron chi connectivity index (χ0n) is 13.2. The maximum absolute atomic E-state index is 9.87. The number of para-hydroxylation sites is 1. The predicted octanol–water partition coefficient (Wildman–Crippen LogP) is 4.86. The molecule has 0 amide bonds. The lowest BCUT2D eigenvalue weighted by atomic mass is 10.0. The lowest BCUT2D eigenvalue weighted by molar-refractivity contribution is 0.477. The van der Waals surface area contributed by atoms with Gasteiger partial charge in [-0.25, -0.2) is 9.97 Å². The van der Waals surface area contributed by atoms with E-state index in [9.17, 15) is 5.11 Å². The van der Waals surface area contributed by atoms with Gasteiger partial charge < -0.3 is 5.11 Å². The van der Waals surface area contributed by atoms with Gasteiger partial charge in [-0.2, -0.15) is 0 Å². The average molecular weight is 304 g/mol. The summed E-state index contributed by atoms with van der Waals surface area (Å²) in [6.07, 6.45) is 7.16. The minimum absolute atomic E-state index is 0.195. The minimum Gasteiger partial charge on any atom is -0.507 e. The smallest absolute Gasteiger partial charge is 0.162 e. The molecule has 3 nitrogen and oxygen atoms in total. The van der Waals surface area contributed by atoms with E-state index >= 15 is 0 Å². The largest absolute Gasteiger partial charge is 0.507 e. The molecule has 3 aromatic rings. The molecule has 0 bridgehead atoms. The number of aromatic hydroxyl groups is 1. The summed E-state index contributed by atoms with van der Waals surface area (Å²) >= 11 is 0. The van der Waals surface area contributed by atoms with Gasteiger partial charge in [0.1, 0.15) is 5.75 Å². The Morgan fingerprint density at radius 2 is 1.57 bits per heavy atom. The van der Waals surface area contributed by atoms with Crippen LogP contribution in [0.15, 0.2) is 60.9 Å². The van der Waals surface area contributed by atoms with Crippen LogP contribution < -0.4 is 0 Å². The first-order valence-electron chi connectivity index (χ1n) is 7.97. The van der Waals surface area contributed by atoms with Crippen LogP contribution in [0.4, 0.5) is 0 Å². The highest BCUT2D eigenvalue weighted by Gasteiger charge is 2.07. The quantitative estimate of drug-likeness (QED) is 0.732. The number of rotatable bonds is 5. The maximum Gasteiger partial charge on any atom is 0.162 e. The van der Waals surface area contributed by atoms with Crippen LogP contribution >= 0.6 is 0 Å². The fourth-order valence-corrected chi connectivity index (χ4v) is 2.52. The molecule has 3 rings (SSSR count). The molecule has 1 aromatic heterocycles. The summed E-state index contributed by atoms with van der Waals surface area (Å²) in [6, 6.07) is 15.7. The number of phenolic OH excluding ortho intramolecular Hbond substituents is 1. The van der Waals surface area contributed by atoms with Crippen LogP contribution in [0.5, 0.6) is 5.75 Å². The fourth-order valence-electron chi connectivity index (χ4n) is 2.52. The lowest BCUT2D eigenvalue weighted by Gasteiger charge is -2.06. The summed E-state index contributed by atoms with van der Waals surface area (Å²) in [5.74, 6) is 0.729. The second-order valence-corrected chi connectivity index (χ2v) is 5.61. The molecule has 0 unspecified atom stereocenters. The monoisotopic (exact) mass is 304 g/mol. The Morgan fingerprint density at radius 3 is 2.22 bits per heavy atom. The molecule has 0 saturated heterocycles. The van der Waals surface area contributed by atoms with Crippen molar-refractivity contribution in [2.75, 3.05) is 0 Å². The number of benzene rings is 2. The Balaban J connectivity index is 1.81. The van der Waals surface area contributed by atoms with Crippen LogP contribution in [0.3, 0.4) is 0 Å². The number of hydrogen-bond donors (Lipinski definition) is 1. The van der Waals surface area contributed by atoms with Gasteiger partial charge in [0, 0.05) is 18.0 Å². The third kappa shape index (κ3) is 3.57. The summed E-state index contributed by atoms with van der Waals surface area (Å²) < 4.78 is 0. The second kappa shape index (κ2) is 7.05. The van der Waals surface area contributed by atoms with Gasteiger partial charge in [0.2, 0.25) is 0 Å². The number of aromatic nitrogens is 2. The predicted molar refractivity (Wildman–Crippen MR) is 93.2 cm³/mol. The molecule has 2 aromatic carbocycles. The first kappa shape index (κ1) is 15.2. The first-order chi connectivity index (χ1) is 11.3. The molecule has 0 saturated carbocycles. The molecule has 0 spiro atoms. The summed E-state index contributed by atoms with van der Waals surface area (Å²) in [5.41, 5.74) is 4.09. The minimum atomic E-state index is 0.195. The van der Waals surface area contributed by atoms with Crippen molar-refractivity contribution < 1.29 is 5.11 Å². The first-order valence-corrected chi connectivity index (χ1v) is 7.97. The third-order valence-electron chi connectivity index (χ3n) is 3.90. The Hall–Kier alpha value is -2.68. The number of aryl methyl sites for hydroxylation is 1. The number of nitrogens with zero attached hydrogens (tertiary/aromatic N) is 2. The molecule has 0 fully saturated rings. The fraction of sp³-hybridized carbons (Fsp3) is 0.200. The maximum atomic E-state index is 9.87. The Bertz CT molecular complexity index is 764. The van der Waals surface area contributed by atoms with Crippen molar-refractivity contribution >= 4 is 0 Å². The van der Waals surface area contributed by atoms with E-state index in [-0.39, 0.29) is 5.75 Å². The summed E-state index contributed by atoms with van der Waals surface area (Å²) in [6.45, 7) is 2.21. The molecule has 3 heteroatoms. The van der Waals surface area contributed by atoms with E-state index in [0.29, 0.717) is 11.4 Å². The third-order valence-corrected chi connectivity index (χ3v) is 3.90. The van der Waals surface area contributed by atoms with E-state index in [1.807, 2.05) is 12.1 Å². The Morgan fingerprint density at radius 1 is 0.870 bits per heavy atom. The van der Waals surface area contributed by atoms with Gasteiger partial charge in [-0.1, -0.05) is 49.7 Å². The summed E-state index contributed by atoms with van der Waals surface area (Å²) in [5, 5.41) is 9.87. The van der Waals surface area contributed by atoms with Crippen LogP contribution in [0.2, 0.25) is 0 Å². The van der Waals surface area contributed by atoms with Crippen LogP contribution in [-0.2, 0) is 6.42 Å². The van der Waals surface area contributed by atoms with Crippen molar-refractivity contribution in [3.63, 3.8) is 0 Å². The van der Waals surface area contributed by atoms with E-state index in [4.69, 9.17) is 0 Å². The van der Waals surface area contributed by atoms with E-state index in [0.717, 1.165) is 17.5 Å². The van der Waals surface area contributed by atoms with E-state index < -0.39 is 0 Å². The van der Waals surface area contributed by atoms with Crippen LogP contribution in [-0.4, -0.2) is 15.1 Å². The number of phenols is 1. The summed E-state index contributed by atoms with van der Waals surface area (Å²) in [7, 11) is 0. The van der Waals surface area contributed by atoms with Gasteiger partial charge >= 0.3 is 0 Å². The highest BCUT2D eigenvalue weighted by Crippen LogP contribution is 2.26. The van der Waals surface area contributed by atoms with Crippen molar-refractivity contribution in [3.05, 3.63) is 66.5 Å². The highest BCUT2D eigenvalue weighted by atomic mass is 16.3. The molecule has 0 aliphatic carbocycles. The van der Waals surface area contributed by atoms with Crippen LogP contribution in [0, 0.1) is 0 Å². The van der Waals surface area contributed by atoms with Gasteiger partial charge in [-0.05, 0) is 36.1 Å². The molecule has 0 atom stereocenters. The average Bonchev–Trinajstić information content (AvgIpc) is 2.61. The van der Waals surface area contributed by atoms with Gasteiger partial charge in [-0.15, -0.1) is 0 Å². The van der Waals surface area contributed by atoms with Gasteiger partial charge in [-0.3, -0.25) is 0 Å². The lowest BCUT2D eigenvalue weighted by Crippen LogP contribution is -1.91. The van der Waals surface area contributed by atoms with Gasteiger partial charge in [0.05, 0.1) is 5.56 Å². The van der Waals surface area contributed by atoms with Crippen molar-refractivity contribution in [2.45, 2.75) is 26.2 Å². The Kier molecular flexibility index (Phi) is 4.67. The van der Waals surface area contributed by atoms with Gasteiger partial charge in [0.25, 0.3) is 0 Å². The molecular formula is C20H20N2O. The molecule has 0 aliphatic rings. The highest BCUT2D eigenvalue weighted by molar-refractivity contribution is 5.66. The van der Waals surface area contributed by atoms with Crippen LogP contribution in [0.1, 0.15) is 25.3 Å². The summed E-state index contributed by atoms with van der Waals surface area (Å²) in [4.78, 5) is 8.77. The van der Waals surface area contributed by atoms with Crippen molar-refractivity contribution in [2.24, 2.45) is 0 Å². The van der Waals surface area contributed by atoms with Gasteiger partial charge in [0.15, 0.2) is 5.82 Å². The topological polar surface area (TPSA) is 46.0 Å². The van der Waals surface area contributed by atoms with E-state index in [2.05, 4.69) is 41.2 Å². The second-order valence-electron chi connectivity index (χ2n) is 5.61. The molecule has 23 heavy (non-hydrogen) atoms.